The zero-order chi connectivity index (χ0) is 10.0. The summed E-state index contributed by atoms with van der Waals surface area (Å²) < 4.78 is 5.77. The molecule has 4 heteroatoms. The van der Waals surface area contributed by atoms with Crippen LogP contribution in [0.3, 0.4) is 0 Å². The fourth-order valence-corrected chi connectivity index (χ4v) is 4.16. The van der Waals surface area contributed by atoms with Crippen LogP contribution >= 0.6 is 11.8 Å². The SMILES string of the molecule is CC1(C(NN)C2CCOC2)CCCS1. The summed E-state index contributed by atoms with van der Waals surface area (Å²) in [6.45, 7) is 4.13. The number of hydrazine groups is 1. The lowest BCUT2D eigenvalue weighted by Crippen LogP contribution is -2.53. The largest absolute Gasteiger partial charge is 0.381 e. The molecule has 3 unspecified atom stereocenters. The smallest absolute Gasteiger partial charge is 0.0511 e. The summed E-state index contributed by atoms with van der Waals surface area (Å²) in [6.07, 6.45) is 3.76. The van der Waals surface area contributed by atoms with Crippen LogP contribution in [-0.2, 0) is 4.74 Å². The van der Waals surface area contributed by atoms with E-state index in [1.807, 2.05) is 0 Å². The first kappa shape index (κ1) is 10.7. The maximum Gasteiger partial charge on any atom is 0.0511 e. The van der Waals surface area contributed by atoms with E-state index in [9.17, 15) is 0 Å². The summed E-state index contributed by atoms with van der Waals surface area (Å²) in [4.78, 5) is 0. The Balaban J connectivity index is 2.03. The second-order valence-electron chi connectivity index (χ2n) is 4.53. The predicted octanol–water partition coefficient (Wildman–Crippen LogP) is 1.14. The lowest BCUT2D eigenvalue weighted by atomic mass is 9.86. The van der Waals surface area contributed by atoms with Gasteiger partial charge in [0.25, 0.3) is 0 Å². The number of nitrogens with two attached hydrogens (primary N) is 1. The van der Waals surface area contributed by atoms with Crippen LogP contribution in [0.25, 0.3) is 0 Å². The van der Waals surface area contributed by atoms with Gasteiger partial charge in [0.15, 0.2) is 0 Å². The molecule has 3 N–H and O–H groups in total. The van der Waals surface area contributed by atoms with E-state index in [-0.39, 0.29) is 0 Å². The summed E-state index contributed by atoms with van der Waals surface area (Å²) in [5, 5.41) is 0. The van der Waals surface area contributed by atoms with Crippen LogP contribution in [0.1, 0.15) is 26.2 Å². The monoisotopic (exact) mass is 216 g/mol. The highest BCUT2D eigenvalue weighted by molar-refractivity contribution is 8.00. The minimum atomic E-state index is 0.327. The number of rotatable bonds is 3. The van der Waals surface area contributed by atoms with Crippen molar-refractivity contribution in [2.75, 3.05) is 19.0 Å². The zero-order valence-corrected chi connectivity index (χ0v) is 9.61. The topological polar surface area (TPSA) is 47.3 Å². The molecule has 0 bridgehead atoms. The quantitative estimate of drug-likeness (QED) is 0.548. The minimum absolute atomic E-state index is 0.327. The molecule has 0 aromatic heterocycles. The van der Waals surface area contributed by atoms with Crippen LogP contribution < -0.4 is 11.3 Å². The second kappa shape index (κ2) is 4.39. The Bertz CT molecular complexity index is 189. The third kappa shape index (κ3) is 1.94. The molecule has 82 valence electrons. The average Bonchev–Trinajstić information content (AvgIpc) is 2.78. The normalized spacial score (nSPS) is 40.3. The molecule has 0 aromatic carbocycles. The molecule has 2 fully saturated rings. The van der Waals surface area contributed by atoms with E-state index >= 15 is 0 Å². The molecule has 2 saturated heterocycles. The van der Waals surface area contributed by atoms with Gasteiger partial charge in [-0.15, -0.1) is 0 Å². The lowest BCUT2D eigenvalue weighted by Gasteiger charge is -2.36. The molecule has 2 heterocycles. The minimum Gasteiger partial charge on any atom is -0.381 e. The molecule has 0 aromatic rings. The van der Waals surface area contributed by atoms with E-state index in [0.717, 1.165) is 19.6 Å². The molecule has 2 aliphatic rings. The van der Waals surface area contributed by atoms with Crippen LogP contribution in [0.5, 0.6) is 0 Å². The van der Waals surface area contributed by atoms with Gasteiger partial charge in [-0.25, -0.2) is 0 Å². The molecule has 0 amide bonds. The highest BCUT2D eigenvalue weighted by Gasteiger charge is 2.42. The van der Waals surface area contributed by atoms with Crippen molar-refractivity contribution in [1.29, 1.82) is 0 Å². The third-order valence-corrected chi connectivity index (χ3v) is 5.13. The van der Waals surface area contributed by atoms with E-state index in [0.29, 0.717) is 16.7 Å². The third-order valence-electron chi connectivity index (χ3n) is 3.52. The molecule has 2 rings (SSSR count). The summed E-state index contributed by atoms with van der Waals surface area (Å²) in [5.41, 5.74) is 3.03. The number of thioether (sulfide) groups is 1. The maximum atomic E-state index is 5.70. The molecule has 2 aliphatic heterocycles. The van der Waals surface area contributed by atoms with Gasteiger partial charge in [-0.1, -0.05) is 0 Å². The van der Waals surface area contributed by atoms with Gasteiger partial charge in [-0.05, 0) is 31.9 Å². The van der Waals surface area contributed by atoms with Crippen LogP contribution in [-0.4, -0.2) is 29.8 Å². The molecule has 0 aliphatic carbocycles. The fraction of sp³-hybridized carbons (Fsp3) is 1.00. The summed E-state index contributed by atoms with van der Waals surface area (Å²) in [7, 11) is 0. The van der Waals surface area contributed by atoms with Gasteiger partial charge < -0.3 is 4.74 Å². The Labute approximate surface area is 90.1 Å². The van der Waals surface area contributed by atoms with Crippen molar-refractivity contribution < 1.29 is 4.74 Å². The number of ether oxygens (including phenoxy) is 1. The lowest BCUT2D eigenvalue weighted by molar-refractivity contribution is 0.170. The number of hydrogen-bond acceptors (Lipinski definition) is 4. The summed E-state index contributed by atoms with van der Waals surface area (Å²) >= 11 is 2.07. The van der Waals surface area contributed by atoms with E-state index in [1.54, 1.807) is 0 Å². The summed E-state index contributed by atoms with van der Waals surface area (Å²) in [5.74, 6) is 7.59. The van der Waals surface area contributed by atoms with E-state index < -0.39 is 0 Å². The molecule has 3 nitrogen and oxygen atoms in total. The van der Waals surface area contributed by atoms with Gasteiger partial charge in [-0.2, -0.15) is 11.8 Å². The molecule has 0 saturated carbocycles. The highest BCUT2D eigenvalue weighted by Crippen LogP contribution is 2.43. The fourth-order valence-electron chi connectivity index (χ4n) is 2.67. The maximum absolute atomic E-state index is 5.70. The van der Waals surface area contributed by atoms with Gasteiger partial charge >= 0.3 is 0 Å². The van der Waals surface area contributed by atoms with Gasteiger partial charge in [0.05, 0.1) is 6.61 Å². The number of hydrogen-bond donors (Lipinski definition) is 2. The molecule has 0 radical (unpaired) electrons. The second-order valence-corrected chi connectivity index (χ2v) is 6.16. The molecule has 0 spiro atoms. The Kier molecular flexibility index (Phi) is 3.37. The van der Waals surface area contributed by atoms with E-state index in [2.05, 4.69) is 24.1 Å². The van der Waals surface area contributed by atoms with E-state index in [4.69, 9.17) is 10.6 Å². The molecular formula is C10H20N2OS. The first-order chi connectivity index (χ1) is 6.76. The van der Waals surface area contributed by atoms with Gasteiger partial charge in [0.1, 0.15) is 0 Å². The van der Waals surface area contributed by atoms with E-state index in [1.165, 1.54) is 18.6 Å². The van der Waals surface area contributed by atoms with Crippen molar-refractivity contribution in [2.45, 2.75) is 37.0 Å². The Morgan fingerprint density at radius 1 is 1.64 bits per heavy atom. The van der Waals surface area contributed by atoms with Crippen molar-refractivity contribution >= 4 is 11.8 Å². The Morgan fingerprint density at radius 3 is 3.00 bits per heavy atom. The Morgan fingerprint density at radius 2 is 2.50 bits per heavy atom. The Hall–Kier alpha value is 0.230. The molecular weight excluding hydrogens is 196 g/mol. The van der Waals surface area contributed by atoms with Crippen LogP contribution in [0.4, 0.5) is 0 Å². The van der Waals surface area contributed by atoms with Crippen molar-refractivity contribution in [2.24, 2.45) is 11.8 Å². The molecule has 3 atom stereocenters. The van der Waals surface area contributed by atoms with Crippen molar-refractivity contribution in [1.82, 2.24) is 5.43 Å². The molecule has 14 heavy (non-hydrogen) atoms. The first-order valence-corrected chi connectivity index (χ1v) is 6.43. The number of nitrogens with one attached hydrogen (secondary N) is 1. The van der Waals surface area contributed by atoms with Crippen LogP contribution in [0, 0.1) is 5.92 Å². The zero-order valence-electron chi connectivity index (χ0n) is 8.79. The van der Waals surface area contributed by atoms with Crippen LogP contribution in [0.15, 0.2) is 0 Å². The van der Waals surface area contributed by atoms with Crippen molar-refractivity contribution in [3.8, 4) is 0 Å². The van der Waals surface area contributed by atoms with Gasteiger partial charge in [0.2, 0.25) is 0 Å². The van der Waals surface area contributed by atoms with Crippen molar-refractivity contribution in [3.05, 3.63) is 0 Å². The first-order valence-electron chi connectivity index (χ1n) is 5.44. The average molecular weight is 216 g/mol. The van der Waals surface area contributed by atoms with Gasteiger partial charge in [0, 0.05) is 23.3 Å². The summed E-state index contributed by atoms with van der Waals surface area (Å²) in [6, 6.07) is 0.414. The standard InChI is InChI=1S/C10H20N2OS/c1-10(4-2-6-14-10)9(12-11)8-3-5-13-7-8/h8-9,12H,2-7,11H2,1H3. The van der Waals surface area contributed by atoms with Crippen molar-refractivity contribution in [3.63, 3.8) is 0 Å². The van der Waals surface area contributed by atoms with Crippen LogP contribution in [0.2, 0.25) is 0 Å². The van der Waals surface area contributed by atoms with Gasteiger partial charge in [-0.3, -0.25) is 11.3 Å². The predicted molar refractivity (Wildman–Crippen MR) is 60.1 cm³/mol. The highest BCUT2D eigenvalue weighted by atomic mass is 32.2.